The first-order chi connectivity index (χ1) is 8.34. The Bertz CT molecular complexity index is 516. The van der Waals surface area contributed by atoms with Crippen LogP contribution < -0.4 is 11.1 Å². The number of nitrogen functional groups attached to an aromatic ring is 1. The monoisotopic (exact) mass is 232 g/mol. The molecule has 5 nitrogen and oxygen atoms in total. The van der Waals surface area contributed by atoms with Crippen LogP contribution in [0.4, 0.5) is 11.4 Å². The van der Waals surface area contributed by atoms with E-state index in [2.05, 4.69) is 15.6 Å². The van der Waals surface area contributed by atoms with E-state index in [0.29, 0.717) is 11.2 Å². The predicted molar refractivity (Wildman–Crippen MR) is 66.7 cm³/mol. The van der Waals surface area contributed by atoms with E-state index in [9.17, 15) is 0 Å². The minimum absolute atomic E-state index is 0.604. The van der Waals surface area contributed by atoms with Crippen molar-refractivity contribution in [3.05, 3.63) is 12.1 Å². The van der Waals surface area contributed by atoms with Gasteiger partial charge in [-0.1, -0.05) is 12.8 Å². The second kappa shape index (κ2) is 4.24. The summed E-state index contributed by atoms with van der Waals surface area (Å²) in [5, 5.41) is 11.1. The van der Waals surface area contributed by atoms with E-state index in [-0.39, 0.29) is 0 Å². The molecule has 1 heterocycles. The van der Waals surface area contributed by atoms with Crippen LogP contribution in [0.25, 0.3) is 11.0 Å². The molecular formula is C12H16N4O. The molecule has 17 heavy (non-hydrogen) atoms. The molecule has 0 amide bonds. The number of nitrogens with one attached hydrogen (secondary N) is 1. The highest BCUT2D eigenvalue weighted by molar-refractivity contribution is 5.94. The van der Waals surface area contributed by atoms with Gasteiger partial charge in [-0.25, -0.2) is 4.63 Å². The average Bonchev–Trinajstić information content (AvgIpc) is 2.99. The van der Waals surface area contributed by atoms with Crippen molar-refractivity contribution in [2.75, 3.05) is 17.6 Å². The van der Waals surface area contributed by atoms with Gasteiger partial charge in [0.1, 0.15) is 0 Å². The lowest BCUT2D eigenvalue weighted by atomic mass is 10.1. The van der Waals surface area contributed by atoms with Gasteiger partial charge >= 0.3 is 0 Å². The maximum absolute atomic E-state index is 5.80. The second-order valence-corrected chi connectivity index (χ2v) is 4.70. The first-order valence-electron chi connectivity index (χ1n) is 6.09. The van der Waals surface area contributed by atoms with Gasteiger partial charge in [0.2, 0.25) is 0 Å². The normalized spacial score (nSPS) is 16.7. The number of aromatic nitrogens is 2. The molecule has 0 unspecified atom stereocenters. The Morgan fingerprint density at radius 1 is 1.24 bits per heavy atom. The Morgan fingerprint density at radius 2 is 2.00 bits per heavy atom. The fraction of sp³-hybridized carbons (Fsp3) is 0.500. The van der Waals surface area contributed by atoms with Gasteiger partial charge in [0, 0.05) is 6.54 Å². The average molecular weight is 232 g/mol. The molecule has 1 fully saturated rings. The molecule has 1 aliphatic rings. The Balaban J connectivity index is 1.80. The van der Waals surface area contributed by atoms with Crippen LogP contribution in [-0.2, 0) is 0 Å². The number of fused-ring (bicyclic) bond motifs is 1. The van der Waals surface area contributed by atoms with Gasteiger partial charge < -0.3 is 11.1 Å². The van der Waals surface area contributed by atoms with Crippen molar-refractivity contribution < 1.29 is 4.63 Å². The summed E-state index contributed by atoms with van der Waals surface area (Å²) in [5.74, 6) is 0.780. The van der Waals surface area contributed by atoms with Crippen molar-refractivity contribution in [1.82, 2.24) is 10.3 Å². The van der Waals surface area contributed by atoms with E-state index in [1.54, 1.807) is 0 Å². The first-order valence-corrected chi connectivity index (χ1v) is 6.09. The van der Waals surface area contributed by atoms with Crippen LogP contribution in [0.1, 0.15) is 25.7 Å². The molecule has 3 N–H and O–H groups in total. The first kappa shape index (κ1) is 10.4. The van der Waals surface area contributed by atoms with E-state index in [1.165, 1.54) is 25.7 Å². The van der Waals surface area contributed by atoms with Crippen molar-refractivity contribution in [2.45, 2.75) is 25.7 Å². The van der Waals surface area contributed by atoms with Gasteiger partial charge in [0.05, 0.1) is 11.4 Å². The van der Waals surface area contributed by atoms with Crippen molar-refractivity contribution in [3.63, 3.8) is 0 Å². The molecule has 2 aromatic rings. The topological polar surface area (TPSA) is 77.0 Å². The Hall–Kier alpha value is -1.78. The smallest absolute Gasteiger partial charge is 0.160 e. The van der Waals surface area contributed by atoms with Gasteiger partial charge in [0.25, 0.3) is 0 Å². The summed E-state index contributed by atoms with van der Waals surface area (Å²) in [5.41, 5.74) is 8.73. The molecule has 1 aromatic carbocycles. The highest BCUT2D eigenvalue weighted by Crippen LogP contribution is 2.28. The number of nitrogens with two attached hydrogens (primary N) is 1. The van der Waals surface area contributed by atoms with Gasteiger partial charge in [-0.3, -0.25) is 0 Å². The summed E-state index contributed by atoms with van der Waals surface area (Å²) >= 11 is 0. The number of hydrogen-bond donors (Lipinski definition) is 2. The largest absolute Gasteiger partial charge is 0.397 e. The molecule has 1 aromatic heterocycles. The number of anilines is 2. The van der Waals surface area contributed by atoms with E-state index in [4.69, 9.17) is 10.4 Å². The van der Waals surface area contributed by atoms with Crippen LogP contribution in [0, 0.1) is 5.92 Å². The molecular weight excluding hydrogens is 216 g/mol. The molecule has 3 rings (SSSR count). The maximum Gasteiger partial charge on any atom is 0.160 e. The van der Waals surface area contributed by atoms with Crippen LogP contribution in [0.3, 0.4) is 0 Å². The lowest BCUT2D eigenvalue weighted by molar-refractivity contribution is 0.315. The zero-order valence-corrected chi connectivity index (χ0v) is 9.65. The third-order valence-electron chi connectivity index (χ3n) is 3.50. The molecule has 90 valence electrons. The van der Waals surface area contributed by atoms with E-state index in [1.807, 2.05) is 12.1 Å². The third kappa shape index (κ3) is 1.92. The maximum atomic E-state index is 5.80. The number of hydrogen-bond acceptors (Lipinski definition) is 5. The van der Waals surface area contributed by atoms with Crippen molar-refractivity contribution in [3.8, 4) is 0 Å². The summed E-state index contributed by atoms with van der Waals surface area (Å²) in [4.78, 5) is 0. The highest BCUT2D eigenvalue weighted by Gasteiger charge is 2.16. The van der Waals surface area contributed by atoms with E-state index < -0.39 is 0 Å². The van der Waals surface area contributed by atoms with Gasteiger partial charge in [-0.05, 0) is 41.2 Å². The minimum atomic E-state index is 0.604. The van der Waals surface area contributed by atoms with Gasteiger partial charge in [0.15, 0.2) is 11.0 Å². The molecule has 1 saturated carbocycles. The lowest BCUT2D eigenvalue weighted by Crippen LogP contribution is -2.11. The number of benzene rings is 1. The van der Waals surface area contributed by atoms with Gasteiger partial charge in [-0.2, -0.15) is 0 Å². The van der Waals surface area contributed by atoms with Crippen molar-refractivity contribution in [1.29, 1.82) is 0 Å². The van der Waals surface area contributed by atoms with Crippen LogP contribution in [0.5, 0.6) is 0 Å². The standard InChI is InChI=1S/C12H16N4O/c13-9-5-6-10(12-11(9)15-17-16-12)14-7-8-3-1-2-4-8/h5-6,8,14H,1-4,7,13H2. The summed E-state index contributed by atoms with van der Waals surface area (Å²) < 4.78 is 4.74. The van der Waals surface area contributed by atoms with Crippen molar-refractivity contribution >= 4 is 22.4 Å². The molecule has 0 saturated heterocycles. The van der Waals surface area contributed by atoms with Crippen LogP contribution in [0.15, 0.2) is 16.8 Å². The predicted octanol–water partition coefficient (Wildman–Crippen LogP) is 2.41. The highest BCUT2D eigenvalue weighted by atomic mass is 16.6. The van der Waals surface area contributed by atoms with Gasteiger partial charge in [-0.15, -0.1) is 0 Å². The fourth-order valence-electron chi connectivity index (χ4n) is 2.50. The Kier molecular flexibility index (Phi) is 2.59. The Morgan fingerprint density at radius 3 is 2.82 bits per heavy atom. The SMILES string of the molecule is Nc1ccc(NCC2CCCC2)c2nonc12. The van der Waals surface area contributed by atoms with Crippen molar-refractivity contribution in [2.24, 2.45) is 5.92 Å². The molecule has 0 spiro atoms. The van der Waals surface area contributed by atoms with Crippen LogP contribution >= 0.6 is 0 Å². The van der Waals surface area contributed by atoms with E-state index >= 15 is 0 Å². The number of nitrogens with zero attached hydrogens (tertiary/aromatic N) is 2. The summed E-state index contributed by atoms with van der Waals surface area (Å²) in [6.07, 6.45) is 5.36. The third-order valence-corrected chi connectivity index (χ3v) is 3.50. The lowest BCUT2D eigenvalue weighted by Gasteiger charge is -2.11. The zero-order chi connectivity index (χ0) is 11.7. The molecule has 5 heteroatoms. The number of rotatable bonds is 3. The second-order valence-electron chi connectivity index (χ2n) is 4.70. The van der Waals surface area contributed by atoms with E-state index in [0.717, 1.165) is 23.7 Å². The van der Waals surface area contributed by atoms with Crippen LogP contribution in [-0.4, -0.2) is 16.9 Å². The van der Waals surface area contributed by atoms with Crippen LogP contribution in [0.2, 0.25) is 0 Å². The Labute approximate surface area is 99.3 Å². The summed E-state index contributed by atoms with van der Waals surface area (Å²) in [6.45, 7) is 0.992. The molecule has 0 bridgehead atoms. The zero-order valence-electron chi connectivity index (χ0n) is 9.65. The molecule has 0 radical (unpaired) electrons. The summed E-state index contributed by atoms with van der Waals surface area (Å²) in [7, 11) is 0. The molecule has 1 aliphatic carbocycles. The minimum Gasteiger partial charge on any atom is -0.397 e. The molecule has 0 atom stereocenters. The molecule has 0 aliphatic heterocycles. The fourth-order valence-corrected chi connectivity index (χ4v) is 2.50. The quantitative estimate of drug-likeness (QED) is 0.794. The summed E-state index contributed by atoms with van der Waals surface area (Å²) in [6, 6.07) is 3.78.